The van der Waals surface area contributed by atoms with Gasteiger partial charge in [0.1, 0.15) is 11.3 Å². The van der Waals surface area contributed by atoms with Gasteiger partial charge in [-0.05, 0) is 41.3 Å². The number of hydrogen-bond acceptors (Lipinski definition) is 2. The Balaban J connectivity index is 1.88. The molecule has 1 aromatic carbocycles. The van der Waals surface area contributed by atoms with Crippen molar-refractivity contribution in [1.29, 1.82) is 0 Å². The number of nitrogens with one attached hydrogen (secondary N) is 1. The lowest BCUT2D eigenvalue weighted by Crippen LogP contribution is -2.27. The molecule has 0 radical (unpaired) electrons. The molecule has 2 heterocycles. The molecule has 0 unspecified atom stereocenters. The van der Waals surface area contributed by atoms with Crippen molar-refractivity contribution in [2.75, 3.05) is 6.54 Å². The standard InChI is InChI=1S/C18H18ClN3O/c1-12(2)9-20-18(23)16-11-22-10-14(5-8-17(22)21-16)13-3-6-15(19)7-4-13/h3-8,10-12H,9H2,1-2H3,(H,20,23). The largest absolute Gasteiger partial charge is 0.350 e. The minimum atomic E-state index is -0.143. The number of aromatic nitrogens is 2. The van der Waals surface area contributed by atoms with E-state index in [1.165, 1.54) is 0 Å². The molecule has 0 spiro atoms. The van der Waals surface area contributed by atoms with Crippen LogP contribution in [0.5, 0.6) is 0 Å². The number of hydrogen-bond donors (Lipinski definition) is 1. The van der Waals surface area contributed by atoms with Crippen LogP contribution in [0.1, 0.15) is 24.3 Å². The fraction of sp³-hybridized carbons (Fsp3) is 0.222. The number of fused-ring (bicyclic) bond motifs is 1. The molecule has 1 amide bonds. The van der Waals surface area contributed by atoms with Crippen LogP contribution in [0, 0.1) is 5.92 Å². The maximum atomic E-state index is 12.1. The molecule has 0 aliphatic heterocycles. The molecule has 1 N–H and O–H groups in total. The van der Waals surface area contributed by atoms with Crippen LogP contribution < -0.4 is 5.32 Å². The molecule has 0 atom stereocenters. The summed E-state index contributed by atoms with van der Waals surface area (Å²) in [5.41, 5.74) is 3.29. The number of imidazole rings is 1. The third-order valence-corrected chi connectivity index (χ3v) is 3.78. The summed E-state index contributed by atoms with van der Waals surface area (Å²) in [6, 6.07) is 11.6. The number of halogens is 1. The van der Waals surface area contributed by atoms with E-state index in [1.54, 1.807) is 6.20 Å². The normalized spacial score (nSPS) is 11.1. The highest BCUT2D eigenvalue weighted by molar-refractivity contribution is 6.30. The van der Waals surface area contributed by atoms with E-state index in [2.05, 4.69) is 24.1 Å². The summed E-state index contributed by atoms with van der Waals surface area (Å²) in [7, 11) is 0. The predicted octanol–water partition coefficient (Wildman–Crippen LogP) is 4.04. The minimum Gasteiger partial charge on any atom is -0.350 e. The third-order valence-electron chi connectivity index (χ3n) is 3.53. The summed E-state index contributed by atoms with van der Waals surface area (Å²) in [6.07, 6.45) is 3.72. The van der Waals surface area contributed by atoms with Gasteiger partial charge in [-0.1, -0.05) is 37.6 Å². The SMILES string of the molecule is CC(C)CNC(=O)c1cn2cc(-c3ccc(Cl)cc3)ccc2n1. The van der Waals surface area contributed by atoms with Crippen LogP contribution in [-0.4, -0.2) is 21.8 Å². The molecule has 2 aromatic heterocycles. The van der Waals surface area contributed by atoms with Gasteiger partial charge in [-0.25, -0.2) is 4.98 Å². The first kappa shape index (κ1) is 15.6. The zero-order valence-corrected chi connectivity index (χ0v) is 13.8. The smallest absolute Gasteiger partial charge is 0.271 e. The second-order valence-corrected chi connectivity index (χ2v) is 6.36. The van der Waals surface area contributed by atoms with E-state index in [4.69, 9.17) is 11.6 Å². The number of pyridine rings is 1. The predicted molar refractivity (Wildman–Crippen MR) is 92.8 cm³/mol. The topological polar surface area (TPSA) is 46.4 Å². The molecule has 0 fully saturated rings. The number of carbonyl (C=O) groups excluding carboxylic acids is 1. The van der Waals surface area contributed by atoms with Gasteiger partial charge < -0.3 is 9.72 Å². The van der Waals surface area contributed by atoms with Crippen molar-refractivity contribution in [2.45, 2.75) is 13.8 Å². The average Bonchev–Trinajstić information content (AvgIpc) is 2.96. The molecule has 118 valence electrons. The van der Waals surface area contributed by atoms with Crippen molar-refractivity contribution in [1.82, 2.24) is 14.7 Å². The monoisotopic (exact) mass is 327 g/mol. The first-order valence-corrected chi connectivity index (χ1v) is 7.93. The molecule has 0 bridgehead atoms. The van der Waals surface area contributed by atoms with Gasteiger partial charge in [0.2, 0.25) is 0 Å². The number of carbonyl (C=O) groups is 1. The summed E-state index contributed by atoms with van der Waals surface area (Å²) < 4.78 is 1.87. The van der Waals surface area contributed by atoms with Crippen LogP contribution in [0.2, 0.25) is 5.02 Å². The fourth-order valence-electron chi connectivity index (χ4n) is 2.30. The number of benzene rings is 1. The van der Waals surface area contributed by atoms with E-state index in [1.807, 2.05) is 47.0 Å². The highest BCUT2D eigenvalue weighted by Crippen LogP contribution is 2.22. The van der Waals surface area contributed by atoms with Gasteiger partial charge in [0.15, 0.2) is 0 Å². The van der Waals surface area contributed by atoms with E-state index in [0.29, 0.717) is 23.2 Å². The minimum absolute atomic E-state index is 0.143. The lowest BCUT2D eigenvalue weighted by atomic mass is 10.1. The number of amides is 1. The molecule has 0 saturated carbocycles. The molecule has 3 aromatic rings. The van der Waals surface area contributed by atoms with E-state index in [0.717, 1.165) is 16.8 Å². The molecule has 4 nitrogen and oxygen atoms in total. The van der Waals surface area contributed by atoms with E-state index in [-0.39, 0.29) is 5.91 Å². The van der Waals surface area contributed by atoms with Crippen molar-refractivity contribution in [3.05, 3.63) is 59.5 Å². The molecular formula is C18H18ClN3O. The fourth-order valence-corrected chi connectivity index (χ4v) is 2.43. The van der Waals surface area contributed by atoms with Crippen LogP contribution in [-0.2, 0) is 0 Å². The second kappa shape index (κ2) is 6.42. The number of nitrogens with zero attached hydrogens (tertiary/aromatic N) is 2. The Morgan fingerprint density at radius 2 is 1.83 bits per heavy atom. The van der Waals surface area contributed by atoms with Gasteiger partial charge in [-0.15, -0.1) is 0 Å². The van der Waals surface area contributed by atoms with Gasteiger partial charge in [0.05, 0.1) is 0 Å². The zero-order chi connectivity index (χ0) is 16.4. The summed E-state index contributed by atoms with van der Waals surface area (Å²) in [6.45, 7) is 4.76. The van der Waals surface area contributed by atoms with E-state index in [9.17, 15) is 4.79 Å². The number of rotatable bonds is 4. The highest BCUT2D eigenvalue weighted by Gasteiger charge is 2.11. The van der Waals surface area contributed by atoms with Crippen molar-refractivity contribution in [2.24, 2.45) is 5.92 Å². The first-order chi connectivity index (χ1) is 11.0. The van der Waals surface area contributed by atoms with Gasteiger partial charge in [-0.2, -0.15) is 0 Å². The molecule has 0 saturated heterocycles. The Hall–Kier alpha value is -2.33. The zero-order valence-electron chi connectivity index (χ0n) is 13.1. The van der Waals surface area contributed by atoms with Gasteiger partial charge in [0, 0.05) is 24.0 Å². The molecule has 0 aliphatic rings. The summed E-state index contributed by atoms with van der Waals surface area (Å²) in [4.78, 5) is 16.5. The molecule has 0 aliphatic carbocycles. The average molecular weight is 328 g/mol. The van der Waals surface area contributed by atoms with Crippen molar-refractivity contribution in [3.63, 3.8) is 0 Å². The summed E-state index contributed by atoms with van der Waals surface area (Å²) >= 11 is 5.92. The van der Waals surface area contributed by atoms with Crippen LogP contribution >= 0.6 is 11.6 Å². The molecule has 23 heavy (non-hydrogen) atoms. The second-order valence-electron chi connectivity index (χ2n) is 5.92. The maximum Gasteiger partial charge on any atom is 0.271 e. The van der Waals surface area contributed by atoms with Crippen LogP contribution in [0.4, 0.5) is 0 Å². The lowest BCUT2D eigenvalue weighted by Gasteiger charge is -2.04. The van der Waals surface area contributed by atoms with Gasteiger partial charge in [0.25, 0.3) is 5.91 Å². The quantitative estimate of drug-likeness (QED) is 0.786. The Morgan fingerprint density at radius 3 is 2.52 bits per heavy atom. The van der Waals surface area contributed by atoms with E-state index < -0.39 is 0 Å². The Labute approximate surface area is 140 Å². The van der Waals surface area contributed by atoms with Gasteiger partial charge in [-0.3, -0.25) is 4.79 Å². The Bertz CT molecular complexity index is 837. The summed E-state index contributed by atoms with van der Waals surface area (Å²) in [5.74, 6) is 0.267. The summed E-state index contributed by atoms with van der Waals surface area (Å²) in [5, 5.41) is 3.59. The van der Waals surface area contributed by atoms with Crippen LogP contribution in [0.25, 0.3) is 16.8 Å². The molecular weight excluding hydrogens is 310 g/mol. The molecule has 3 rings (SSSR count). The molecule has 5 heteroatoms. The Kier molecular flexibility index (Phi) is 4.35. The van der Waals surface area contributed by atoms with E-state index >= 15 is 0 Å². The lowest BCUT2D eigenvalue weighted by molar-refractivity contribution is 0.0944. The van der Waals surface area contributed by atoms with Crippen molar-refractivity contribution in [3.8, 4) is 11.1 Å². The van der Waals surface area contributed by atoms with Gasteiger partial charge >= 0.3 is 0 Å². The first-order valence-electron chi connectivity index (χ1n) is 7.56. The Morgan fingerprint density at radius 1 is 1.13 bits per heavy atom. The van der Waals surface area contributed by atoms with Crippen molar-refractivity contribution >= 4 is 23.2 Å². The van der Waals surface area contributed by atoms with Crippen LogP contribution in [0.15, 0.2) is 48.8 Å². The maximum absolute atomic E-state index is 12.1. The van der Waals surface area contributed by atoms with Crippen LogP contribution in [0.3, 0.4) is 0 Å². The third kappa shape index (κ3) is 3.54. The highest BCUT2D eigenvalue weighted by atomic mass is 35.5. The van der Waals surface area contributed by atoms with Crippen molar-refractivity contribution < 1.29 is 4.79 Å².